The highest BCUT2D eigenvalue weighted by molar-refractivity contribution is 7.86. The van der Waals surface area contributed by atoms with E-state index in [1.54, 1.807) is 42.5 Å². The lowest BCUT2D eigenvalue weighted by Crippen LogP contribution is -2.33. The summed E-state index contributed by atoms with van der Waals surface area (Å²) in [5, 5.41) is 0. The van der Waals surface area contributed by atoms with Crippen molar-refractivity contribution in [2.75, 3.05) is 13.2 Å². The van der Waals surface area contributed by atoms with Crippen molar-refractivity contribution in [3.05, 3.63) is 65.7 Å². The molecule has 0 saturated carbocycles. The zero-order valence-corrected chi connectivity index (χ0v) is 14.8. The summed E-state index contributed by atoms with van der Waals surface area (Å²) in [6, 6.07) is 14.5. The maximum Gasteiger partial charge on any atom is 0.417 e. The number of nitrogens with zero attached hydrogens (tertiary/aromatic N) is 1. The van der Waals surface area contributed by atoms with Crippen LogP contribution in [0.5, 0.6) is 0 Å². The number of rotatable bonds is 5. The Kier molecular flexibility index (Phi) is 5.06. The summed E-state index contributed by atoms with van der Waals surface area (Å²) >= 11 is 0. The molecule has 0 N–H and O–H groups in total. The van der Waals surface area contributed by atoms with Crippen molar-refractivity contribution in [2.45, 2.75) is 17.9 Å². The first kappa shape index (κ1) is 18.1. The summed E-state index contributed by atoms with van der Waals surface area (Å²) < 4.78 is 34.4. The Morgan fingerprint density at radius 1 is 1.15 bits per heavy atom. The monoisotopic (exact) mass is 375 g/mol. The molecule has 1 unspecified atom stereocenters. The molecule has 0 aromatic heterocycles. The van der Waals surface area contributed by atoms with Gasteiger partial charge in [-0.1, -0.05) is 35.9 Å². The normalized spacial score (nSPS) is 17.2. The van der Waals surface area contributed by atoms with Crippen molar-refractivity contribution >= 4 is 22.1 Å². The smallest absolute Gasteiger partial charge is 0.417 e. The maximum absolute atomic E-state index is 12.3. The topological polar surface area (TPSA) is 90.0 Å². The predicted octanol–water partition coefficient (Wildman–Crippen LogP) is 2.36. The second-order valence-corrected chi connectivity index (χ2v) is 7.45. The number of ether oxygens (including phenoxy) is 1. The van der Waals surface area contributed by atoms with Crippen LogP contribution < -0.4 is 0 Å². The Labute approximate surface area is 151 Å². The van der Waals surface area contributed by atoms with Gasteiger partial charge in [-0.05, 0) is 31.2 Å². The molecule has 2 aromatic carbocycles. The van der Waals surface area contributed by atoms with E-state index in [4.69, 9.17) is 8.92 Å². The number of aryl methyl sites for hydroxylation is 1. The molecule has 1 aliphatic heterocycles. The van der Waals surface area contributed by atoms with Gasteiger partial charge >= 0.3 is 6.09 Å². The first-order valence-corrected chi connectivity index (χ1v) is 9.31. The molecule has 3 rings (SSSR count). The van der Waals surface area contributed by atoms with Crippen LogP contribution in [0.15, 0.2) is 59.5 Å². The average molecular weight is 375 g/mol. The number of amides is 2. The fraction of sp³-hybridized carbons (Fsp3) is 0.222. The van der Waals surface area contributed by atoms with Crippen LogP contribution in [-0.4, -0.2) is 44.6 Å². The average Bonchev–Trinajstić information content (AvgIpc) is 3.01. The molecule has 0 bridgehead atoms. The van der Waals surface area contributed by atoms with E-state index < -0.39 is 28.2 Å². The molecule has 1 atom stereocenters. The zero-order valence-electron chi connectivity index (χ0n) is 14.0. The van der Waals surface area contributed by atoms with E-state index in [0.29, 0.717) is 5.56 Å². The van der Waals surface area contributed by atoms with Gasteiger partial charge in [0.25, 0.3) is 16.0 Å². The largest absolute Gasteiger partial charge is 0.441 e. The lowest BCUT2D eigenvalue weighted by atomic mass is 10.2. The van der Waals surface area contributed by atoms with E-state index in [0.717, 1.165) is 10.5 Å². The van der Waals surface area contributed by atoms with Crippen molar-refractivity contribution in [2.24, 2.45) is 0 Å². The predicted molar refractivity (Wildman–Crippen MR) is 92.1 cm³/mol. The van der Waals surface area contributed by atoms with E-state index >= 15 is 0 Å². The highest BCUT2D eigenvalue weighted by Crippen LogP contribution is 2.18. The molecular formula is C18H17NO6S. The molecule has 2 amide bonds. The molecule has 1 aliphatic rings. The minimum Gasteiger partial charge on any atom is -0.441 e. The van der Waals surface area contributed by atoms with Gasteiger partial charge in [0, 0.05) is 5.56 Å². The van der Waals surface area contributed by atoms with Gasteiger partial charge in [-0.2, -0.15) is 8.42 Å². The fourth-order valence-electron chi connectivity index (χ4n) is 2.45. The van der Waals surface area contributed by atoms with Gasteiger partial charge in [-0.3, -0.25) is 8.98 Å². The maximum atomic E-state index is 12.3. The molecule has 1 saturated heterocycles. The lowest BCUT2D eigenvalue weighted by Gasteiger charge is -2.11. The Morgan fingerprint density at radius 3 is 2.46 bits per heavy atom. The Hall–Kier alpha value is -2.71. The minimum absolute atomic E-state index is 0.0182. The number of benzene rings is 2. The van der Waals surface area contributed by atoms with Crippen molar-refractivity contribution in [3.63, 3.8) is 0 Å². The molecule has 0 radical (unpaired) electrons. The molecule has 1 heterocycles. The molecular weight excluding hydrogens is 358 g/mol. The second kappa shape index (κ2) is 7.27. The summed E-state index contributed by atoms with van der Waals surface area (Å²) in [5.41, 5.74) is 1.27. The molecule has 2 aromatic rings. The number of imide groups is 1. The SMILES string of the molecule is Cc1ccc(S(=O)(=O)OCC2CN(C(=O)c3ccccc3)C(=O)O2)cc1. The highest BCUT2D eigenvalue weighted by Gasteiger charge is 2.37. The third-order valence-electron chi connectivity index (χ3n) is 3.86. The fourth-order valence-corrected chi connectivity index (χ4v) is 3.39. The number of hydrogen-bond acceptors (Lipinski definition) is 6. The highest BCUT2D eigenvalue weighted by atomic mass is 32.2. The molecule has 1 fully saturated rings. The van der Waals surface area contributed by atoms with Gasteiger partial charge in [0.1, 0.15) is 12.7 Å². The number of carbonyl (C=O) groups excluding carboxylic acids is 2. The van der Waals surface area contributed by atoms with E-state index in [9.17, 15) is 18.0 Å². The molecule has 8 heteroatoms. The summed E-state index contributed by atoms with van der Waals surface area (Å²) in [7, 11) is -3.97. The molecule has 0 spiro atoms. The van der Waals surface area contributed by atoms with Gasteiger partial charge in [-0.15, -0.1) is 0 Å². The van der Waals surface area contributed by atoms with E-state index in [2.05, 4.69) is 0 Å². The Bertz CT molecular complexity index is 908. The van der Waals surface area contributed by atoms with Crippen LogP contribution in [0.1, 0.15) is 15.9 Å². The summed E-state index contributed by atoms with van der Waals surface area (Å²) in [5.74, 6) is -0.500. The van der Waals surface area contributed by atoms with Crippen LogP contribution >= 0.6 is 0 Å². The summed E-state index contributed by atoms with van der Waals surface area (Å²) in [6.07, 6.45) is -1.67. The summed E-state index contributed by atoms with van der Waals surface area (Å²) in [6.45, 7) is 1.41. The van der Waals surface area contributed by atoms with Crippen LogP contribution in [0.4, 0.5) is 4.79 Å². The number of cyclic esters (lactones) is 1. The number of carbonyl (C=O) groups is 2. The Morgan fingerprint density at radius 2 is 1.81 bits per heavy atom. The zero-order chi connectivity index (χ0) is 18.7. The lowest BCUT2D eigenvalue weighted by molar-refractivity contribution is 0.0805. The van der Waals surface area contributed by atoms with Gasteiger partial charge < -0.3 is 4.74 Å². The van der Waals surface area contributed by atoms with E-state index in [1.807, 2.05) is 6.92 Å². The number of hydrogen-bond donors (Lipinski definition) is 0. The van der Waals surface area contributed by atoms with Crippen molar-refractivity contribution in [3.8, 4) is 0 Å². The molecule has 7 nitrogen and oxygen atoms in total. The second-order valence-electron chi connectivity index (χ2n) is 5.84. The van der Waals surface area contributed by atoms with Crippen molar-refractivity contribution < 1.29 is 26.9 Å². The van der Waals surface area contributed by atoms with Gasteiger partial charge in [0.05, 0.1) is 11.4 Å². The van der Waals surface area contributed by atoms with Crippen LogP contribution in [0.3, 0.4) is 0 Å². The quantitative estimate of drug-likeness (QED) is 0.745. The Balaban J connectivity index is 1.63. The van der Waals surface area contributed by atoms with E-state index in [-0.39, 0.29) is 18.0 Å². The van der Waals surface area contributed by atoms with Gasteiger partial charge in [-0.25, -0.2) is 9.69 Å². The van der Waals surface area contributed by atoms with Crippen LogP contribution in [0, 0.1) is 6.92 Å². The standard InChI is InChI=1S/C18H17NO6S/c1-13-7-9-16(10-8-13)26(22,23)24-12-15-11-19(18(21)25-15)17(20)14-5-3-2-4-6-14/h2-10,15H,11-12H2,1H3. The first-order chi connectivity index (χ1) is 12.4. The first-order valence-electron chi connectivity index (χ1n) is 7.90. The molecule has 0 aliphatic carbocycles. The van der Waals surface area contributed by atoms with Gasteiger partial charge in [0.2, 0.25) is 0 Å². The minimum atomic E-state index is -3.97. The van der Waals surface area contributed by atoms with Crippen molar-refractivity contribution in [1.29, 1.82) is 0 Å². The van der Waals surface area contributed by atoms with E-state index in [1.165, 1.54) is 12.1 Å². The van der Waals surface area contributed by atoms with Crippen LogP contribution in [0.2, 0.25) is 0 Å². The van der Waals surface area contributed by atoms with Gasteiger partial charge in [0.15, 0.2) is 0 Å². The molecule has 26 heavy (non-hydrogen) atoms. The molecule has 136 valence electrons. The van der Waals surface area contributed by atoms with Crippen LogP contribution in [0.25, 0.3) is 0 Å². The van der Waals surface area contributed by atoms with Crippen molar-refractivity contribution in [1.82, 2.24) is 4.90 Å². The third-order valence-corrected chi connectivity index (χ3v) is 5.15. The third kappa shape index (κ3) is 3.92. The summed E-state index contributed by atoms with van der Waals surface area (Å²) in [4.78, 5) is 25.2. The van der Waals surface area contributed by atoms with Crippen LogP contribution in [-0.2, 0) is 19.0 Å².